The number of alkyl halides is 1. The summed E-state index contributed by atoms with van der Waals surface area (Å²) in [4.78, 5) is 8.22. The third kappa shape index (κ3) is 3.08. The highest BCUT2D eigenvalue weighted by Crippen LogP contribution is 2.27. The van der Waals surface area contributed by atoms with Crippen molar-refractivity contribution in [2.75, 3.05) is 0 Å². The lowest BCUT2D eigenvalue weighted by atomic mass is 10.3. The van der Waals surface area contributed by atoms with Gasteiger partial charge in [-0.05, 0) is 30.7 Å². The molecule has 2 rings (SSSR count). The minimum atomic E-state index is 0.353. The zero-order chi connectivity index (χ0) is 12.3. The molecular formula is C12H10Cl2N2O. The highest BCUT2D eigenvalue weighted by atomic mass is 35.5. The van der Waals surface area contributed by atoms with Crippen molar-refractivity contribution in [1.82, 2.24) is 9.97 Å². The highest BCUT2D eigenvalue weighted by molar-refractivity contribution is 6.32. The standard InChI is InChI=1S/C12H10Cl2N2O/c1-8-2-3-10(7-15-8)17-12-11(14)4-9(5-13)6-16-12/h2-4,6-7H,5H2,1H3. The molecule has 88 valence electrons. The lowest BCUT2D eigenvalue weighted by molar-refractivity contribution is 0.460. The molecule has 2 heterocycles. The van der Waals surface area contributed by atoms with Gasteiger partial charge >= 0.3 is 0 Å². The van der Waals surface area contributed by atoms with Gasteiger partial charge in [-0.2, -0.15) is 0 Å². The van der Waals surface area contributed by atoms with Crippen LogP contribution in [0.3, 0.4) is 0 Å². The maximum absolute atomic E-state index is 6.02. The molecule has 0 aromatic carbocycles. The number of halogens is 2. The summed E-state index contributed by atoms with van der Waals surface area (Å²) in [6.07, 6.45) is 3.26. The number of aryl methyl sites for hydroxylation is 1. The zero-order valence-electron chi connectivity index (χ0n) is 9.15. The maximum atomic E-state index is 6.02. The van der Waals surface area contributed by atoms with Gasteiger partial charge < -0.3 is 4.74 Å². The second-order valence-corrected chi connectivity index (χ2v) is 4.18. The summed E-state index contributed by atoms with van der Waals surface area (Å²) in [7, 11) is 0. The summed E-state index contributed by atoms with van der Waals surface area (Å²) in [6, 6.07) is 5.41. The van der Waals surface area contributed by atoms with E-state index in [9.17, 15) is 0 Å². The van der Waals surface area contributed by atoms with Crippen LogP contribution in [0.15, 0.2) is 30.6 Å². The van der Waals surface area contributed by atoms with E-state index in [1.54, 1.807) is 18.5 Å². The predicted molar refractivity (Wildman–Crippen MR) is 67.9 cm³/mol. The van der Waals surface area contributed by atoms with Crippen molar-refractivity contribution in [2.24, 2.45) is 0 Å². The lowest BCUT2D eigenvalue weighted by Crippen LogP contribution is -1.91. The van der Waals surface area contributed by atoms with E-state index >= 15 is 0 Å². The molecule has 0 unspecified atom stereocenters. The fourth-order valence-corrected chi connectivity index (χ4v) is 1.61. The van der Waals surface area contributed by atoms with Gasteiger partial charge in [0.1, 0.15) is 10.8 Å². The van der Waals surface area contributed by atoms with Crippen molar-refractivity contribution in [3.63, 3.8) is 0 Å². The Hall–Kier alpha value is -1.32. The topological polar surface area (TPSA) is 35.0 Å². The molecule has 0 atom stereocenters. The molecule has 0 aliphatic rings. The van der Waals surface area contributed by atoms with Crippen LogP contribution in [0.4, 0.5) is 0 Å². The van der Waals surface area contributed by atoms with E-state index in [0.29, 0.717) is 22.5 Å². The summed E-state index contributed by atoms with van der Waals surface area (Å²) in [6.45, 7) is 1.91. The number of hydrogen-bond donors (Lipinski definition) is 0. The first kappa shape index (κ1) is 12.1. The molecule has 5 heteroatoms. The van der Waals surface area contributed by atoms with Gasteiger partial charge in [0, 0.05) is 17.8 Å². The van der Waals surface area contributed by atoms with E-state index < -0.39 is 0 Å². The van der Waals surface area contributed by atoms with E-state index in [0.717, 1.165) is 11.3 Å². The molecule has 0 radical (unpaired) electrons. The van der Waals surface area contributed by atoms with Crippen LogP contribution in [-0.4, -0.2) is 9.97 Å². The number of pyridine rings is 2. The molecule has 0 bridgehead atoms. The molecule has 2 aromatic rings. The second-order valence-electron chi connectivity index (χ2n) is 3.50. The van der Waals surface area contributed by atoms with Gasteiger partial charge in [0.2, 0.25) is 5.88 Å². The first-order chi connectivity index (χ1) is 8.19. The van der Waals surface area contributed by atoms with Crippen molar-refractivity contribution >= 4 is 23.2 Å². The van der Waals surface area contributed by atoms with Crippen molar-refractivity contribution in [3.05, 3.63) is 46.9 Å². The fourth-order valence-electron chi connectivity index (χ4n) is 1.24. The van der Waals surface area contributed by atoms with Gasteiger partial charge in [-0.25, -0.2) is 4.98 Å². The van der Waals surface area contributed by atoms with Gasteiger partial charge in [0.25, 0.3) is 0 Å². The average molecular weight is 269 g/mol. The number of hydrogen-bond acceptors (Lipinski definition) is 3. The fraction of sp³-hybridized carbons (Fsp3) is 0.167. The first-order valence-corrected chi connectivity index (χ1v) is 5.91. The maximum Gasteiger partial charge on any atom is 0.238 e. The largest absolute Gasteiger partial charge is 0.436 e. The molecule has 0 aliphatic carbocycles. The molecule has 0 spiro atoms. The van der Waals surface area contributed by atoms with Crippen LogP contribution in [0.2, 0.25) is 5.02 Å². The molecule has 17 heavy (non-hydrogen) atoms. The summed E-state index contributed by atoms with van der Waals surface area (Å²) in [5.74, 6) is 1.33. The predicted octanol–water partition coefficient (Wildman–Crippen LogP) is 3.97. The second kappa shape index (κ2) is 5.34. The molecule has 0 saturated heterocycles. The summed E-state index contributed by atoms with van der Waals surface area (Å²) < 4.78 is 5.51. The van der Waals surface area contributed by atoms with Gasteiger partial charge in [0.15, 0.2) is 0 Å². The molecule has 0 saturated carbocycles. The number of rotatable bonds is 3. The van der Waals surface area contributed by atoms with Crippen LogP contribution in [-0.2, 0) is 5.88 Å². The van der Waals surface area contributed by atoms with Crippen LogP contribution >= 0.6 is 23.2 Å². The monoisotopic (exact) mass is 268 g/mol. The summed E-state index contributed by atoms with van der Waals surface area (Å²) >= 11 is 11.7. The number of nitrogens with zero attached hydrogens (tertiary/aromatic N) is 2. The Morgan fingerprint density at radius 1 is 1.24 bits per heavy atom. The van der Waals surface area contributed by atoms with Gasteiger partial charge in [-0.3, -0.25) is 4.98 Å². The van der Waals surface area contributed by atoms with Crippen LogP contribution in [0, 0.1) is 6.92 Å². The van der Waals surface area contributed by atoms with Gasteiger partial charge in [0.05, 0.1) is 6.20 Å². The van der Waals surface area contributed by atoms with Crippen LogP contribution in [0.25, 0.3) is 0 Å². The normalized spacial score (nSPS) is 10.3. The summed E-state index contributed by atoms with van der Waals surface area (Å²) in [5.41, 5.74) is 1.78. The van der Waals surface area contributed by atoms with Crippen LogP contribution in [0.1, 0.15) is 11.3 Å². The van der Waals surface area contributed by atoms with E-state index in [2.05, 4.69) is 9.97 Å². The van der Waals surface area contributed by atoms with Crippen molar-refractivity contribution < 1.29 is 4.74 Å². The first-order valence-electron chi connectivity index (χ1n) is 5.00. The number of aromatic nitrogens is 2. The van der Waals surface area contributed by atoms with E-state index in [1.807, 2.05) is 19.1 Å². The number of ether oxygens (including phenoxy) is 1. The zero-order valence-corrected chi connectivity index (χ0v) is 10.7. The van der Waals surface area contributed by atoms with Crippen LogP contribution < -0.4 is 4.74 Å². The Labute approximate surface area is 109 Å². The molecule has 3 nitrogen and oxygen atoms in total. The molecular weight excluding hydrogens is 259 g/mol. The minimum absolute atomic E-state index is 0.353. The Morgan fingerprint density at radius 3 is 2.65 bits per heavy atom. The Bertz CT molecular complexity index is 514. The smallest absolute Gasteiger partial charge is 0.238 e. The van der Waals surface area contributed by atoms with Crippen molar-refractivity contribution in [1.29, 1.82) is 0 Å². The minimum Gasteiger partial charge on any atom is -0.436 e. The Balaban J connectivity index is 2.21. The van der Waals surface area contributed by atoms with Gasteiger partial charge in [-0.1, -0.05) is 11.6 Å². The summed E-state index contributed by atoms with van der Waals surface area (Å²) in [5, 5.41) is 0.434. The Kier molecular flexibility index (Phi) is 3.82. The quantitative estimate of drug-likeness (QED) is 0.791. The highest BCUT2D eigenvalue weighted by Gasteiger charge is 2.06. The van der Waals surface area contributed by atoms with Crippen LogP contribution in [0.5, 0.6) is 11.6 Å². The Morgan fingerprint density at radius 2 is 2.06 bits per heavy atom. The average Bonchev–Trinajstić information content (AvgIpc) is 2.34. The van der Waals surface area contributed by atoms with E-state index in [-0.39, 0.29) is 0 Å². The third-order valence-electron chi connectivity index (χ3n) is 2.12. The van der Waals surface area contributed by atoms with Crippen molar-refractivity contribution in [2.45, 2.75) is 12.8 Å². The molecule has 0 aliphatic heterocycles. The molecule has 0 fully saturated rings. The lowest BCUT2D eigenvalue weighted by Gasteiger charge is -2.06. The molecule has 2 aromatic heterocycles. The third-order valence-corrected chi connectivity index (χ3v) is 2.70. The SMILES string of the molecule is Cc1ccc(Oc2ncc(CCl)cc2Cl)cn1. The van der Waals surface area contributed by atoms with Gasteiger partial charge in [-0.15, -0.1) is 11.6 Å². The molecule has 0 N–H and O–H groups in total. The van der Waals surface area contributed by atoms with E-state index in [1.165, 1.54) is 0 Å². The molecule has 0 amide bonds. The van der Waals surface area contributed by atoms with E-state index in [4.69, 9.17) is 27.9 Å². The van der Waals surface area contributed by atoms with Crippen molar-refractivity contribution in [3.8, 4) is 11.6 Å².